The molecule has 0 aliphatic carbocycles. The molecule has 4 aromatic heterocycles. The third kappa shape index (κ3) is 2.99. The Morgan fingerprint density at radius 2 is 1.96 bits per heavy atom. The van der Waals surface area contributed by atoms with E-state index in [0.29, 0.717) is 28.5 Å². The van der Waals surface area contributed by atoms with E-state index in [-0.39, 0.29) is 23.4 Å². The third-order valence-electron chi connectivity index (χ3n) is 4.20. The van der Waals surface area contributed by atoms with Gasteiger partial charge in [0, 0.05) is 12.4 Å². The van der Waals surface area contributed by atoms with Gasteiger partial charge >= 0.3 is 0 Å². The average Bonchev–Trinajstić information content (AvgIpc) is 3.05. The van der Waals surface area contributed by atoms with Crippen LogP contribution in [0.5, 0.6) is 0 Å². The number of hydrogen-bond donors (Lipinski definition) is 3. The van der Waals surface area contributed by atoms with Gasteiger partial charge in [0.1, 0.15) is 23.5 Å². The van der Waals surface area contributed by atoms with Gasteiger partial charge in [0.15, 0.2) is 11.6 Å². The van der Waals surface area contributed by atoms with Crippen LogP contribution in [-0.4, -0.2) is 24.3 Å². The van der Waals surface area contributed by atoms with Gasteiger partial charge in [-0.1, -0.05) is 6.07 Å². The molecule has 4 heterocycles. The summed E-state index contributed by atoms with van der Waals surface area (Å²) in [6.07, 6.45) is 4.40. The van der Waals surface area contributed by atoms with E-state index in [0.717, 1.165) is 0 Å². The molecule has 5 N–H and O–H groups in total. The number of nitrogen functional groups attached to an aromatic ring is 2. The molecular weight excluding hydrogens is 347 g/mol. The lowest BCUT2D eigenvalue weighted by atomic mass is 10.1. The molecule has 0 bridgehead atoms. The summed E-state index contributed by atoms with van der Waals surface area (Å²) in [7, 11) is 0. The Bertz CT molecular complexity index is 1110. The Hall–Kier alpha value is -3.75. The molecule has 8 nitrogen and oxygen atoms in total. The molecule has 0 amide bonds. The number of halogens is 1. The number of rotatable bonds is 4. The summed E-state index contributed by atoms with van der Waals surface area (Å²) < 4.78 is 15.5. The van der Waals surface area contributed by atoms with Crippen LogP contribution in [0.4, 0.5) is 21.7 Å². The molecule has 9 heteroatoms. The Morgan fingerprint density at radius 3 is 2.74 bits per heavy atom. The van der Waals surface area contributed by atoms with Gasteiger partial charge in [-0.3, -0.25) is 9.38 Å². The van der Waals surface area contributed by atoms with Crippen molar-refractivity contribution in [1.82, 2.24) is 24.3 Å². The van der Waals surface area contributed by atoms with Gasteiger partial charge in [0.2, 0.25) is 0 Å². The van der Waals surface area contributed by atoms with Gasteiger partial charge in [-0.2, -0.15) is 0 Å². The zero-order valence-corrected chi connectivity index (χ0v) is 14.5. The summed E-state index contributed by atoms with van der Waals surface area (Å²) in [5.74, 6) is 0.240. The van der Waals surface area contributed by atoms with E-state index in [2.05, 4.69) is 25.3 Å². The number of fused-ring (bicyclic) bond motifs is 1. The highest BCUT2D eigenvalue weighted by Gasteiger charge is 2.21. The highest BCUT2D eigenvalue weighted by Crippen LogP contribution is 2.31. The van der Waals surface area contributed by atoms with Crippen molar-refractivity contribution in [3.8, 4) is 11.4 Å². The quantitative estimate of drug-likeness (QED) is 0.509. The van der Waals surface area contributed by atoms with Crippen molar-refractivity contribution < 1.29 is 4.39 Å². The lowest BCUT2D eigenvalue weighted by Gasteiger charge is -2.16. The predicted molar refractivity (Wildman–Crippen MR) is 101 cm³/mol. The number of pyridine rings is 2. The van der Waals surface area contributed by atoms with Crippen LogP contribution in [0.2, 0.25) is 0 Å². The summed E-state index contributed by atoms with van der Waals surface area (Å²) in [6.45, 7) is 1.91. The molecule has 0 aliphatic rings. The Balaban J connectivity index is 1.84. The maximum atomic E-state index is 13.9. The van der Waals surface area contributed by atoms with Crippen LogP contribution < -0.4 is 16.8 Å². The predicted octanol–water partition coefficient (Wildman–Crippen LogP) is 2.66. The van der Waals surface area contributed by atoms with Gasteiger partial charge in [-0.15, -0.1) is 0 Å². The smallest absolute Gasteiger partial charge is 0.155 e. The average molecular weight is 364 g/mol. The maximum absolute atomic E-state index is 13.9. The summed E-state index contributed by atoms with van der Waals surface area (Å²) in [4.78, 5) is 17.1. The minimum absolute atomic E-state index is 0.196. The summed E-state index contributed by atoms with van der Waals surface area (Å²) in [5.41, 5.74) is 14.6. The van der Waals surface area contributed by atoms with Crippen LogP contribution in [0.25, 0.3) is 17.0 Å². The van der Waals surface area contributed by atoms with E-state index in [1.54, 1.807) is 16.7 Å². The van der Waals surface area contributed by atoms with Crippen LogP contribution >= 0.6 is 0 Å². The third-order valence-corrected chi connectivity index (χ3v) is 4.20. The fraction of sp³-hybridized carbons (Fsp3) is 0.111. The van der Waals surface area contributed by atoms with E-state index in [9.17, 15) is 4.39 Å². The molecule has 4 aromatic rings. The van der Waals surface area contributed by atoms with Crippen LogP contribution in [0.1, 0.15) is 18.7 Å². The Morgan fingerprint density at radius 1 is 1.11 bits per heavy atom. The molecule has 27 heavy (non-hydrogen) atoms. The van der Waals surface area contributed by atoms with Crippen LogP contribution in [0.15, 0.2) is 49.1 Å². The van der Waals surface area contributed by atoms with Crippen LogP contribution in [-0.2, 0) is 0 Å². The second kappa shape index (κ2) is 6.52. The first kappa shape index (κ1) is 16.7. The number of nitrogens with zero attached hydrogens (tertiary/aromatic N) is 5. The lowest BCUT2D eigenvalue weighted by Crippen LogP contribution is -2.13. The van der Waals surface area contributed by atoms with Crippen molar-refractivity contribution in [2.24, 2.45) is 0 Å². The van der Waals surface area contributed by atoms with Crippen molar-refractivity contribution >= 4 is 23.0 Å². The highest BCUT2D eigenvalue weighted by atomic mass is 19.1. The second-order valence-corrected chi connectivity index (χ2v) is 6.02. The van der Waals surface area contributed by atoms with Crippen molar-refractivity contribution in [1.29, 1.82) is 0 Å². The zero-order valence-electron chi connectivity index (χ0n) is 14.5. The van der Waals surface area contributed by atoms with Crippen molar-refractivity contribution in [2.75, 3.05) is 16.8 Å². The SMILES string of the molecule is C[C@H](Nc1ncnc(N)c1N)c1nc2ccc(F)cn2c1-c1ccccn1. The number of nitrogens with one attached hydrogen (secondary N) is 1. The molecule has 0 saturated heterocycles. The monoisotopic (exact) mass is 364 g/mol. The van der Waals surface area contributed by atoms with Gasteiger partial charge in [0.05, 0.1) is 23.1 Å². The molecule has 0 fully saturated rings. The molecular formula is C18H17FN8. The van der Waals surface area contributed by atoms with E-state index in [4.69, 9.17) is 11.5 Å². The first-order chi connectivity index (χ1) is 13.0. The minimum atomic E-state index is -0.364. The summed E-state index contributed by atoms with van der Waals surface area (Å²) in [6, 6.07) is 8.22. The fourth-order valence-electron chi connectivity index (χ4n) is 2.89. The van der Waals surface area contributed by atoms with E-state index < -0.39 is 0 Å². The number of nitrogens with two attached hydrogens (primary N) is 2. The van der Waals surface area contributed by atoms with E-state index >= 15 is 0 Å². The molecule has 0 saturated carbocycles. The molecule has 0 radical (unpaired) electrons. The molecule has 0 aromatic carbocycles. The van der Waals surface area contributed by atoms with Gasteiger partial charge in [-0.25, -0.2) is 19.3 Å². The molecule has 0 aliphatic heterocycles. The van der Waals surface area contributed by atoms with E-state index in [1.807, 2.05) is 25.1 Å². The molecule has 136 valence electrons. The Labute approximate surface area is 154 Å². The number of hydrogen-bond acceptors (Lipinski definition) is 7. The lowest BCUT2D eigenvalue weighted by molar-refractivity contribution is 0.619. The van der Waals surface area contributed by atoms with Crippen LogP contribution in [0, 0.1) is 5.82 Å². The Kier molecular flexibility index (Phi) is 4.03. The summed E-state index contributed by atoms with van der Waals surface area (Å²) in [5, 5.41) is 3.20. The first-order valence-electron chi connectivity index (χ1n) is 8.26. The number of aromatic nitrogens is 5. The van der Waals surface area contributed by atoms with Crippen molar-refractivity contribution in [2.45, 2.75) is 13.0 Å². The topological polar surface area (TPSA) is 120 Å². The fourth-order valence-corrected chi connectivity index (χ4v) is 2.89. The van der Waals surface area contributed by atoms with Crippen LogP contribution in [0.3, 0.4) is 0 Å². The number of anilines is 3. The van der Waals surface area contributed by atoms with Gasteiger partial charge in [-0.05, 0) is 31.2 Å². The molecule has 1 atom stereocenters. The summed E-state index contributed by atoms with van der Waals surface area (Å²) >= 11 is 0. The normalized spacial score (nSPS) is 12.2. The van der Waals surface area contributed by atoms with E-state index in [1.165, 1.54) is 18.6 Å². The minimum Gasteiger partial charge on any atom is -0.393 e. The number of imidazole rings is 1. The van der Waals surface area contributed by atoms with Gasteiger partial charge in [0.25, 0.3) is 0 Å². The maximum Gasteiger partial charge on any atom is 0.155 e. The molecule has 0 spiro atoms. The molecule has 4 rings (SSSR count). The standard InChI is InChI=1S/C18H17FN8/c1-10(25-18-14(20)17(21)23-9-24-18)15-16(12-4-2-3-7-22-12)27-8-11(19)5-6-13(27)26-15/h2-10H,20H2,1H3,(H3,21,23,24,25)/t10-/m0/s1. The zero-order chi connectivity index (χ0) is 19.0. The first-order valence-corrected chi connectivity index (χ1v) is 8.26. The highest BCUT2D eigenvalue weighted by molar-refractivity contribution is 5.73. The second-order valence-electron chi connectivity index (χ2n) is 6.02. The van der Waals surface area contributed by atoms with Crippen molar-refractivity contribution in [3.63, 3.8) is 0 Å². The largest absolute Gasteiger partial charge is 0.393 e. The molecule has 0 unspecified atom stereocenters. The van der Waals surface area contributed by atoms with Gasteiger partial charge < -0.3 is 16.8 Å². The van der Waals surface area contributed by atoms with Crippen molar-refractivity contribution in [3.05, 3.63) is 60.6 Å².